The van der Waals surface area contributed by atoms with E-state index in [1.807, 2.05) is 0 Å². The van der Waals surface area contributed by atoms with Gasteiger partial charge in [0.15, 0.2) is 0 Å². The third-order valence-corrected chi connectivity index (χ3v) is 12.4. The van der Waals surface area contributed by atoms with Gasteiger partial charge in [0.1, 0.15) is 6.10 Å². The second-order valence-corrected chi connectivity index (χ2v) is 19.2. The van der Waals surface area contributed by atoms with Crippen molar-refractivity contribution in [1.29, 1.82) is 0 Å². The van der Waals surface area contributed by atoms with Crippen molar-refractivity contribution in [2.75, 3.05) is 13.2 Å². The van der Waals surface area contributed by atoms with Crippen molar-refractivity contribution < 1.29 is 45.0 Å². The van der Waals surface area contributed by atoms with Crippen molar-refractivity contribution in [2.24, 2.45) is 0 Å². The molecule has 0 radical (unpaired) electrons. The Morgan fingerprint density at radius 3 is 0.493 bits per heavy atom. The van der Waals surface area contributed by atoms with Crippen LogP contribution in [0.3, 0.4) is 0 Å². The number of carboxylic acids is 3. The molecular weight excluding hydrogens is 856 g/mol. The quantitative estimate of drug-likeness (QED) is 0.0395. The summed E-state index contributed by atoms with van der Waals surface area (Å²) in [6.45, 7) is 6.07. The van der Waals surface area contributed by atoms with Gasteiger partial charge < -0.3 is 45.0 Å². The maximum Gasteiger partial charge on any atom is 3.00 e. The van der Waals surface area contributed by atoms with E-state index >= 15 is 0 Å². The summed E-state index contributed by atoms with van der Waals surface area (Å²) in [6.07, 6.45) is 58.6. The zero-order valence-electron chi connectivity index (χ0n) is 44.8. The molecule has 0 saturated carbocycles. The zero-order chi connectivity index (χ0) is 49.7. The molecule has 0 aromatic heterocycles. The summed E-state index contributed by atoms with van der Waals surface area (Å²) in [4.78, 5) is 30.7. The molecule has 398 valence electrons. The van der Waals surface area contributed by atoms with Gasteiger partial charge in [-0.05, 0) is 38.5 Å². The van der Waals surface area contributed by atoms with Gasteiger partial charge in [0.2, 0.25) is 0 Å². The minimum Gasteiger partial charge on any atom is -0.550 e. The molecule has 0 unspecified atom stereocenters. The first kappa shape index (κ1) is 74.8. The Bertz CT molecular complexity index is 798. The Labute approximate surface area is 426 Å². The molecular formula is C57H113AlO9. The van der Waals surface area contributed by atoms with Gasteiger partial charge in [0.25, 0.3) is 0 Å². The van der Waals surface area contributed by atoms with Crippen LogP contribution in [-0.2, 0) is 14.4 Å². The van der Waals surface area contributed by atoms with Crippen LogP contribution >= 0.6 is 0 Å². The van der Waals surface area contributed by atoms with Crippen LogP contribution in [0.2, 0.25) is 0 Å². The topological polar surface area (TPSA) is 181 Å². The van der Waals surface area contributed by atoms with Gasteiger partial charge in [-0.1, -0.05) is 290 Å². The fourth-order valence-electron chi connectivity index (χ4n) is 7.98. The Hall–Kier alpha value is -1.18. The van der Waals surface area contributed by atoms with Crippen LogP contribution in [0, 0.1) is 0 Å². The molecule has 10 heteroatoms. The van der Waals surface area contributed by atoms with Crippen molar-refractivity contribution in [3.8, 4) is 0 Å². The molecule has 0 aliphatic carbocycles. The monoisotopic (exact) mass is 969 g/mol. The summed E-state index contributed by atoms with van der Waals surface area (Å²) in [6, 6.07) is 0. The molecule has 0 amide bonds. The number of aliphatic carboxylic acids is 3. The average Bonchev–Trinajstić information content (AvgIpc) is 3.30. The molecule has 0 aliphatic heterocycles. The predicted molar refractivity (Wildman–Crippen MR) is 280 cm³/mol. The minimum absolute atomic E-state index is 0. The predicted octanol–water partition coefficient (Wildman–Crippen LogP) is 12.9. The molecule has 0 aliphatic rings. The first-order chi connectivity index (χ1) is 32.1. The SMILES string of the molecule is CCCCCCCCCCCCCCCCCC(=O)[O-].CCCCCCCCCCCCCCCCCC(=O)[O-].CCCCCCCCCCCCCCCCCC(=O)[O-].OCC(O)CO.[Al+3]. The van der Waals surface area contributed by atoms with Gasteiger partial charge in [0.05, 0.1) is 13.2 Å². The smallest absolute Gasteiger partial charge is 0.550 e. The van der Waals surface area contributed by atoms with E-state index < -0.39 is 24.0 Å². The molecule has 0 heterocycles. The largest absolute Gasteiger partial charge is 3.00 e. The first-order valence-corrected chi connectivity index (χ1v) is 28.6. The Kier molecular flexibility index (Phi) is 79.6. The third-order valence-electron chi connectivity index (χ3n) is 12.4. The molecule has 67 heavy (non-hydrogen) atoms. The van der Waals surface area contributed by atoms with Gasteiger partial charge >= 0.3 is 17.4 Å². The maximum atomic E-state index is 10.2. The van der Waals surface area contributed by atoms with Crippen LogP contribution in [-0.4, -0.2) is 69.9 Å². The van der Waals surface area contributed by atoms with E-state index in [9.17, 15) is 29.7 Å². The number of hydrogen-bond donors (Lipinski definition) is 3. The standard InChI is InChI=1S/3C18H36O2.C3H8O3.Al/c3*1-2-3-4-5-6-7-8-9-10-11-12-13-14-15-16-17-18(19)20;4-1-3(6)2-5;/h3*2-17H2,1H3,(H,19,20);3-6H,1-2H2;/q;;;;+3/p-3. The molecule has 0 atom stereocenters. The molecule has 0 bridgehead atoms. The number of aliphatic hydroxyl groups excluding tert-OH is 3. The summed E-state index contributed by atoms with van der Waals surface area (Å²) >= 11 is 0. The normalized spacial score (nSPS) is 10.6. The van der Waals surface area contributed by atoms with Gasteiger partial charge in [-0.15, -0.1) is 0 Å². The van der Waals surface area contributed by atoms with Crippen LogP contribution in [0.1, 0.15) is 329 Å². The molecule has 0 rings (SSSR count). The number of carbonyl (C=O) groups excluding carboxylic acids is 3. The fraction of sp³-hybridized carbons (Fsp3) is 0.947. The molecule has 0 aromatic carbocycles. The van der Waals surface area contributed by atoms with Crippen LogP contribution in [0.25, 0.3) is 0 Å². The van der Waals surface area contributed by atoms with E-state index in [0.29, 0.717) is 0 Å². The van der Waals surface area contributed by atoms with Gasteiger partial charge in [-0.25, -0.2) is 0 Å². The number of rotatable bonds is 50. The van der Waals surface area contributed by atoms with Crippen LogP contribution in [0.15, 0.2) is 0 Å². The van der Waals surface area contributed by atoms with E-state index in [-0.39, 0.29) is 49.8 Å². The zero-order valence-corrected chi connectivity index (χ0v) is 46.0. The van der Waals surface area contributed by atoms with E-state index in [1.54, 1.807) is 0 Å². The molecule has 0 spiro atoms. The van der Waals surface area contributed by atoms with Crippen LogP contribution in [0.4, 0.5) is 0 Å². The summed E-state index contributed by atoms with van der Waals surface area (Å²) in [5, 5.41) is 54.7. The molecule has 3 N–H and O–H groups in total. The first-order valence-electron chi connectivity index (χ1n) is 28.6. The third kappa shape index (κ3) is 88.3. The van der Waals surface area contributed by atoms with Gasteiger partial charge in [-0.3, -0.25) is 0 Å². The van der Waals surface area contributed by atoms with Crippen molar-refractivity contribution in [3.63, 3.8) is 0 Å². The Morgan fingerprint density at radius 1 is 0.284 bits per heavy atom. The van der Waals surface area contributed by atoms with E-state index in [4.69, 9.17) is 15.3 Å². The number of hydrogen-bond acceptors (Lipinski definition) is 9. The van der Waals surface area contributed by atoms with Crippen LogP contribution in [0.5, 0.6) is 0 Å². The second kappa shape index (κ2) is 71.4. The van der Waals surface area contributed by atoms with E-state index in [1.165, 1.54) is 250 Å². The van der Waals surface area contributed by atoms with Crippen molar-refractivity contribution in [2.45, 2.75) is 335 Å². The maximum absolute atomic E-state index is 10.2. The van der Waals surface area contributed by atoms with Crippen molar-refractivity contribution in [1.82, 2.24) is 0 Å². The number of aliphatic hydroxyl groups is 3. The van der Waals surface area contributed by atoms with Crippen molar-refractivity contribution >= 4 is 35.3 Å². The summed E-state index contributed by atoms with van der Waals surface area (Å²) in [7, 11) is 0. The fourth-order valence-corrected chi connectivity index (χ4v) is 7.98. The minimum atomic E-state index is -0.954. The average molecular weight is 970 g/mol. The molecule has 0 aromatic rings. The Balaban J connectivity index is -0.000000268. The summed E-state index contributed by atoms with van der Waals surface area (Å²) in [5.74, 6) is -2.71. The summed E-state index contributed by atoms with van der Waals surface area (Å²) < 4.78 is 0. The van der Waals surface area contributed by atoms with Gasteiger partial charge in [-0.2, -0.15) is 0 Å². The van der Waals surface area contributed by atoms with Crippen LogP contribution < -0.4 is 15.3 Å². The molecule has 0 saturated heterocycles. The van der Waals surface area contributed by atoms with E-state index in [2.05, 4.69) is 20.8 Å². The molecule has 9 nitrogen and oxygen atoms in total. The summed E-state index contributed by atoms with van der Waals surface area (Å²) in [5.41, 5.74) is 0. The second-order valence-electron chi connectivity index (χ2n) is 19.2. The van der Waals surface area contributed by atoms with Crippen molar-refractivity contribution in [3.05, 3.63) is 0 Å². The molecule has 0 fully saturated rings. The van der Waals surface area contributed by atoms with Gasteiger partial charge in [0, 0.05) is 17.9 Å². The number of carboxylic acid groups (broad SMARTS) is 3. The number of unbranched alkanes of at least 4 members (excludes halogenated alkanes) is 42. The van der Waals surface area contributed by atoms with E-state index in [0.717, 1.165) is 38.5 Å². The Morgan fingerprint density at radius 2 is 0.403 bits per heavy atom. The number of carbonyl (C=O) groups is 3.